The molecule has 2 aromatic rings. The second-order valence-corrected chi connectivity index (χ2v) is 11.4. The SMILES string of the molecule is O=C(O)c1c(Cl)c(Cl)c(Cl)c(Cl)c1-c1c2cc(Br)c(=O)c(Br)c-2oc2c(Br)c([O-])c(Br)cc12. The zero-order valence-electron chi connectivity index (χ0n) is 15.3. The number of fused-ring (bicyclic) bond motifs is 2. The second-order valence-electron chi connectivity index (χ2n) is 6.54. The predicted molar refractivity (Wildman–Crippen MR) is 142 cm³/mol. The molecule has 1 heterocycles. The fraction of sp³-hybridized carbons (Fsp3) is 0. The minimum absolute atomic E-state index is 0.0384. The van der Waals surface area contributed by atoms with E-state index in [4.69, 9.17) is 50.8 Å². The lowest BCUT2D eigenvalue weighted by molar-refractivity contribution is -0.270. The zero-order valence-corrected chi connectivity index (χ0v) is 24.6. The highest BCUT2D eigenvalue weighted by Crippen LogP contribution is 2.53. The largest absolute Gasteiger partial charge is 0.871 e. The van der Waals surface area contributed by atoms with Crippen LogP contribution in [-0.2, 0) is 0 Å². The van der Waals surface area contributed by atoms with E-state index in [0.717, 1.165) is 0 Å². The van der Waals surface area contributed by atoms with Gasteiger partial charge in [-0.15, -0.1) is 0 Å². The average Bonchev–Trinajstić information content (AvgIpc) is 2.76. The third kappa shape index (κ3) is 3.93. The lowest BCUT2D eigenvalue weighted by atomic mass is 9.90. The highest BCUT2D eigenvalue weighted by atomic mass is 79.9. The zero-order chi connectivity index (χ0) is 24.5. The molecule has 0 bridgehead atoms. The van der Waals surface area contributed by atoms with Crippen LogP contribution in [-0.4, -0.2) is 11.1 Å². The Kier molecular flexibility index (Phi) is 7.10. The molecule has 0 atom stereocenters. The molecule has 170 valence electrons. The van der Waals surface area contributed by atoms with E-state index in [2.05, 4.69) is 63.7 Å². The number of hydrogen-bond acceptors (Lipinski definition) is 4. The molecular weight excluding hydrogens is 782 g/mol. The van der Waals surface area contributed by atoms with Crippen molar-refractivity contribution in [3.8, 4) is 28.2 Å². The van der Waals surface area contributed by atoms with E-state index in [1.165, 1.54) is 12.1 Å². The highest BCUT2D eigenvalue weighted by Gasteiger charge is 2.32. The summed E-state index contributed by atoms with van der Waals surface area (Å²) in [4.78, 5) is 24.8. The molecule has 2 aromatic carbocycles. The highest BCUT2D eigenvalue weighted by molar-refractivity contribution is 9.11. The van der Waals surface area contributed by atoms with Gasteiger partial charge >= 0.3 is 5.97 Å². The van der Waals surface area contributed by atoms with Crippen molar-refractivity contribution >= 4 is 127 Å². The monoisotopic (exact) mass is 779 g/mol. The molecule has 0 saturated heterocycles. The van der Waals surface area contributed by atoms with E-state index in [9.17, 15) is 19.8 Å². The summed E-state index contributed by atoms with van der Waals surface area (Å²) in [6, 6.07) is 2.90. The van der Waals surface area contributed by atoms with Gasteiger partial charge in [0.05, 0.1) is 34.6 Å². The molecule has 0 saturated carbocycles. The fourth-order valence-electron chi connectivity index (χ4n) is 3.32. The first-order valence-electron chi connectivity index (χ1n) is 8.41. The van der Waals surface area contributed by atoms with Crippen LogP contribution in [0.25, 0.3) is 33.4 Å². The molecule has 0 radical (unpaired) electrons. The van der Waals surface area contributed by atoms with Crippen LogP contribution < -0.4 is 10.5 Å². The molecule has 5 nitrogen and oxygen atoms in total. The summed E-state index contributed by atoms with van der Waals surface area (Å²) in [6.45, 7) is 0. The first-order valence-corrected chi connectivity index (χ1v) is 13.1. The van der Waals surface area contributed by atoms with Gasteiger partial charge < -0.3 is 14.6 Å². The van der Waals surface area contributed by atoms with Gasteiger partial charge in [0.2, 0.25) is 5.43 Å². The maximum absolute atomic E-state index is 12.6. The van der Waals surface area contributed by atoms with Gasteiger partial charge in [-0.2, -0.15) is 0 Å². The van der Waals surface area contributed by atoms with Gasteiger partial charge in [-0.25, -0.2) is 4.79 Å². The Balaban J connectivity index is 2.43. The molecular formula is C20H3Br4Cl4O5-. The quantitative estimate of drug-likeness (QED) is 0.125. The van der Waals surface area contributed by atoms with E-state index >= 15 is 0 Å². The maximum atomic E-state index is 12.6. The number of benzene rings is 3. The molecule has 33 heavy (non-hydrogen) atoms. The molecule has 0 spiro atoms. The Morgan fingerprint density at radius 1 is 0.879 bits per heavy atom. The van der Waals surface area contributed by atoms with Crippen molar-refractivity contribution < 1.29 is 19.4 Å². The minimum Gasteiger partial charge on any atom is -0.871 e. The molecule has 13 heteroatoms. The molecule has 0 aromatic heterocycles. The van der Waals surface area contributed by atoms with Crippen molar-refractivity contribution in [2.24, 2.45) is 0 Å². The Morgan fingerprint density at radius 2 is 1.48 bits per heavy atom. The van der Waals surface area contributed by atoms with Crippen LogP contribution >= 0.6 is 110 Å². The van der Waals surface area contributed by atoms with Gasteiger partial charge in [0, 0.05) is 26.5 Å². The van der Waals surface area contributed by atoms with E-state index in [0.29, 0.717) is 0 Å². The van der Waals surface area contributed by atoms with Crippen molar-refractivity contribution in [3.05, 3.63) is 65.9 Å². The summed E-state index contributed by atoms with van der Waals surface area (Å²) in [6.07, 6.45) is 0. The van der Waals surface area contributed by atoms with Crippen LogP contribution in [0.3, 0.4) is 0 Å². The van der Waals surface area contributed by atoms with Crippen molar-refractivity contribution in [1.29, 1.82) is 0 Å². The summed E-state index contributed by atoms with van der Waals surface area (Å²) in [5.41, 5.74) is -0.369. The summed E-state index contributed by atoms with van der Waals surface area (Å²) < 4.78 is 6.35. The van der Waals surface area contributed by atoms with Crippen molar-refractivity contribution in [3.63, 3.8) is 0 Å². The molecule has 1 aliphatic heterocycles. The number of rotatable bonds is 2. The van der Waals surface area contributed by atoms with Gasteiger partial charge in [0.25, 0.3) is 0 Å². The van der Waals surface area contributed by atoms with Crippen LogP contribution in [0.5, 0.6) is 5.75 Å². The predicted octanol–water partition coefficient (Wildman–Crippen LogP) is 9.00. The lowest BCUT2D eigenvalue weighted by Gasteiger charge is -2.23. The standard InChI is InChI=1S/C20H4Br4Cl4O5/c21-5-1-3-7(8-9(20(31)32)13(26)15(28)14(27)12(8)25)4-2-6(22)17(30)11(24)19(4)33-18(3)10(23)16(5)29/h1-2,29H,(H,31,32)/p-1. The van der Waals surface area contributed by atoms with Crippen LogP contribution in [0.2, 0.25) is 20.1 Å². The topological polar surface area (TPSA) is 90.6 Å². The van der Waals surface area contributed by atoms with E-state index in [-0.39, 0.29) is 71.4 Å². The van der Waals surface area contributed by atoms with Gasteiger partial charge in [-0.05, 0) is 59.9 Å². The van der Waals surface area contributed by atoms with Crippen LogP contribution in [0.1, 0.15) is 10.4 Å². The lowest BCUT2D eigenvalue weighted by Crippen LogP contribution is -2.09. The molecule has 0 amide bonds. The number of carboxylic acids is 1. The second kappa shape index (κ2) is 9.17. The number of aromatic carboxylic acids is 1. The van der Waals surface area contributed by atoms with Crippen LogP contribution in [0, 0.1) is 0 Å². The third-order valence-electron chi connectivity index (χ3n) is 4.74. The van der Waals surface area contributed by atoms with E-state index < -0.39 is 22.7 Å². The molecule has 1 aliphatic carbocycles. The molecule has 0 unspecified atom stereocenters. The Bertz CT molecular complexity index is 1570. The first kappa shape index (κ1) is 25.6. The minimum atomic E-state index is -1.42. The van der Waals surface area contributed by atoms with Crippen molar-refractivity contribution in [2.75, 3.05) is 0 Å². The normalized spacial score (nSPS) is 11.5. The first-order chi connectivity index (χ1) is 15.4. The summed E-state index contributed by atoms with van der Waals surface area (Å²) in [7, 11) is 0. The maximum Gasteiger partial charge on any atom is 0.337 e. The third-order valence-corrected chi connectivity index (χ3v) is 9.16. The van der Waals surface area contributed by atoms with E-state index in [1.807, 2.05) is 0 Å². The number of carbonyl (C=O) groups is 1. The van der Waals surface area contributed by atoms with Gasteiger partial charge in [0.15, 0.2) is 5.76 Å². The Hall–Kier alpha value is -0.520. The van der Waals surface area contributed by atoms with E-state index in [1.54, 1.807) is 0 Å². The fourth-order valence-corrected chi connectivity index (χ4v) is 6.75. The number of carboxylic acid groups (broad SMARTS) is 1. The number of hydrogen-bond donors (Lipinski definition) is 1. The summed E-state index contributed by atoms with van der Waals surface area (Å²) in [5, 5.41) is 21.9. The van der Waals surface area contributed by atoms with Crippen LogP contribution in [0.4, 0.5) is 0 Å². The molecule has 0 fully saturated rings. The molecule has 4 rings (SSSR count). The average molecular weight is 785 g/mol. The Morgan fingerprint density at radius 3 is 2.09 bits per heavy atom. The van der Waals surface area contributed by atoms with Gasteiger partial charge in [-0.1, -0.05) is 68.1 Å². The van der Waals surface area contributed by atoms with Crippen LogP contribution in [0.15, 0.2) is 39.2 Å². The Labute approximate surface area is 238 Å². The van der Waals surface area contributed by atoms with Gasteiger partial charge in [-0.3, -0.25) is 4.79 Å². The number of halogens is 8. The smallest absolute Gasteiger partial charge is 0.337 e. The summed E-state index contributed by atoms with van der Waals surface area (Å²) >= 11 is 38.1. The van der Waals surface area contributed by atoms with Crippen molar-refractivity contribution in [1.82, 2.24) is 0 Å². The molecule has 1 N–H and O–H groups in total. The molecule has 2 aliphatic rings. The summed E-state index contributed by atoms with van der Waals surface area (Å²) in [5.74, 6) is -1.80. The van der Waals surface area contributed by atoms with Crippen molar-refractivity contribution in [2.45, 2.75) is 0 Å². The van der Waals surface area contributed by atoms with Gasteiger partial charge in [0.1, 0.15) is 10.1 Å².